The van der Waals surface area contributed by atoms with Gasteiger partial charge in [0.05, 0.1) is 0 Å². The van der Waals surface area contributed by atoms with Crippen molar-refractivity contribution in [1.82, 2.24) is 0 Å². The third kappa shape index (κ3) is 1.41. The second-order valence-electron chi connectivity index (χ2n) is 4.38. The summed E-state index contributed by atoms with van der Waals surface area (Å²) in [6.07, 6.45) is 3.48. The lowest BCUT2D eigenvalue weighted by Crippen LogP contribution is -2.05. The quantitative estimate of drug-likeness (QED) is 0.757. The summed E-state index contributed by atoms with van der Waals surface area (Å²) in [6.45, 7) is 4.55. The third-order valence-electron chi connectivity index (χ3n) is 3.62. The summed E-state index contributed by atoms with van der Waals surface area (Å²) in [5.74, 6) is 1.90. The van der Waals surface area contributed by atoms with Gasteiger partial charge in [-0.15, -0.1) is 0 Å². The summed E-state index contributed by atoms with van der Waals surface area (Å²) in [4.78, 5) is 0. The van der Waals surface area contributed by atoms with Gasteiger partial charge in [-0.2, -0.15) is 0 Å². The Kier molecular flexibility index (Phi) is 2.49. The zero-order chi connectivity index (χ0) is 10.1. The molecule has 0 aliphatic heterocycles. The average molecular weight is 190 g/mol. The number of phenolic OH excluding ortho intramolecular Hbond substituents is 1. The number of rotatable bonds is 2. The van der Waals surface area contributed by atoms with Gasteiger partial charge in [0.15, 0.2) is 0 Å². The van der Waals surface area contributed by atoms with Gasteiger partial charge in [0.2, 0.25) is 0 Å². The average Bonchev–Trinajstić information content (AvgIpc) is 2.62. The van der Waals surface area contributed by atoms with Crippen LogP contribution in [0.15, 0.2) is 18.2 Å². The topological polar surface area (TPSA) is 20.2 Å². The zero-order valence-electron chi connectivity index (χ0n) is 8.96. The molecule has 76 valence electrons. The largest absolute Gasteiger partial charge is 0.508 e. The molecule has 1 nitrogen and oxygen atoms in total. The second kappa shape index (κ2) is 3.64. The van der Waals surface area contributed by atoms with E-state index in [0.717, 1.165) is 12.3 Å². The maximum atomic E-state index is 9.70. The van der Waals surface area contributed by atoms with Crippen LogP contribution in [0.3, 0.4) is 0 Å². The van der Waals surface area contributed by atoms with E-state index in [-0.39, 0.29) is 0 Å². The zero-order valence-corrected chi connectivity index (χ0v) is 8.96. The second-order valence-corrected chi connectivity index (χ2v) is 4.38. The minimum absolute atomic E-state index is 0.494. The van der Waals surface area contributed by atoms with Crippen molar-refractivity contribution in [2.75, 3.05) is 0 Å². The molecule has 1 aliphatic carbocycles. The van der Waals surface area contributed by atoms with E-state index < -0.39 is 0 Å². The fourth-order valence-electron chi connectivity index (χ4n) is 2.54. The third-order valence-corrected chi connectivity index (χ3v) is 3.62. The van der Waals surface area contributed by atoms with Crippen LogP contribution in [0.25, 0.3) is 0 Å². The number of benzene rings is 1. The molecule has 2 atom stereocenters. The monoisotopic (exact) mass is 190 g/mol. The Morgan fingerprint density at radius 3 is 3.00 bits per heavy atom. The van der Waals surface area contributed by atoms with Crippen LogP contribution in [0.4, 0.5) is 0 Å². The van der Waals surface area contributed by atoms with Gasteiger partial charge in [-0.05, 0) is 41.9 Å². The van der Waals surface area contributed by atoms with Crippen molar-refractivity contribution < 1.29 is 5.11 Å². The SMILES string of the molecule is CCC(C)C1CCc2c(O)cccc21. The first kappa shape index (κ1) is 9.57. The summed E-state index contributed by atoms with van der Waals surface area (Å²) in [6, 6.07) is 5.95. The maximum Gasteiger partial charge on any atom is 0.119 e. The fourth-order valence-corrected chi connectivity index (χ4v) is 2.54. The van der Waals surface area contributed by atoms with Crippen molar-refractivity contribution in [2.24, 2.45) is 5.92 Å². The van der Waals surface area contributed by atoms with Crippen LogP contribution in [-0.4, -0.2) is 5.11 Å². The van der Waals surface area contributed by atoms with Crippen molar-refractivity contribution in [3.05, 3.63) is 29.3 Å². The molecule has 0 aromatic heterocycles. The summed E-state index contributed by atoms with van der Waals surface area (Å²) in [5, 5.41) is 9.70. The van der Waals surface area contributed by atoms with Crippen LogP contribution in [0.5, 0.6) is 5.75 Å². The first-order valence-corrected chi connectivity index (χ1v) is 5.54. The van der Waals surface area contributed by atoms with Crippen LogP contribution in [0.1, 0.15) is 43.7 Å². The van der Waals surface area contributed by atoms with Crippen molar-refractivity contribution in [2.45, 2.75) is 39.0 Å². The predicted octanol–water partition coefficient (Wildman–Crippen LogP) is 3.47. The lowest BCUT2D eigenvalue weighted by atomic mass is 9.87. The lowest BCUT2D eigenvalue weighted by molar-refractivity contribution is 0.443. The number of phenols is 1. The van der Waals surface area contributed by atoms with Gasteiger partial charge in [0.25, 0.3) is 0 Å². The van der Waals surface area contributed by atoms with Crippen LogP contribution in [-0.2, 0) is 6.42 Å². The number of hydrogen-bond donors (Lipinski definition) is 1. The molecule has 1 aromatic carbocycles. The molecule has 0 saturated carbocycles. The molecule has 2 rings (SSSR count). The fraction of sp³-hybridized carbons (Fsp3) is 0.538. The molecule has 0 radical (unpaired) electrons. The van der Waals surface area contributed by atoms with Crippen molar-refractivity contribution in [1.29, 1.82) is 0 Å². The highest BCUT2D eigenvalue weighted by Crippen LogP contribution is 2.42. The van der Waals surface area contributed by atoms with Gasteiger partial charge in [0, 0.05) is 0 Å². The van der Waals surface area contributed by atoms with E-state index in [0.29, 0.717) is 11.7 Å². The van der Waals surface area contributed by atoms with Crippen molar-refractivity contribution in [3.8, 4) is 5.75 Å². The van der Waals surface area contributed by atoms with Gasteiger partial charge < -0.3 is 5.11 Å². The Hall–Kier alpha value is -0.980. The maximum absolute atomic E-state index is 9.70. The Morgan fingerprint density at radius 2 is 2.29 bits per heavy atom. The highest BCUT2D eigenvalue weighted by Gasteiger charge is 2.27. The predicted molar refractivity (Wildman–Crippen MR) is 58.6 cm³/mol. The first-order valence-electron chi connectivity index (χ1n) is 5.54. The Labute approximate surface area is 85.8 Å². The van der Waals surface area contributed by atoms with E-state index >= 15 is 0 Å². The summed E-state index contributed by atoms with van der Waals surface area (Å²) in [7, 11) is 0. The van der Waals surface area contributed by atoms with Gasteiger partial charge in [-0.25, -0.2) is 0 Å². The molecular weight excluding hydrogens is 172 g/mol. The van der Waals surface area contributed by atoms with Gasteiger partial charge in [0.1, 0.15) is 5.75 Å². The molecule has 0 fully saturated rings. The highest BCUT2D eigenvalue weighted by molar-refractivity contribution is 5.44. The first-order chi connectivity index (χ1) is 6.74. The normalized spacial score (nSPS) is 22.0. The minimum Gasteiger partial charge on any atom is -0.508 e. The molecule has 0 bridgehead atoms. The van der Waals surface area contributed by atoms with E-state index in [9.17, 15) is 5.11 Å². The van der Waals surface area contributed by atoms with Gasteiger partial charge in [-0.3, -0.25) is 0 Å². The van der Waals surface area contributed by atoms with Crippen LogP contribution in [0, 0.1) is 5.92 Å². The van der Waals surface area contributed by atoms with Crippen molar-refractivity contribution in [3.63, 3.8) is 0 Å². The molecule has 0 saturated heterocycles. The molecule has 1 aliphatic rings. The number of aromatic hydroxyl groups is 1. The van der Waals surface area contributed by atoms with E-state index in [1.165, 1.54) is 24.0 Å². The molecule has 1 heteroatoms. The van der Waals surface area contributed by atoms with Crippen LogP contribution < -0.4 is 0 Å². The lowest BCUT2D eigenvalue weighted by Gasteiger charge is -2.18. The molecule has 1 N–H and O–H groups in total. The molecule has 0 spiro atoms. The molecular formula is C13H18O. The molecule has 0 heterocycles. The van der Waals surface area contributed by atoms with E-state index in [1.54, 1.807) is 6.07 Å². The summed E-state index contributed by atoms with van der Waals surface area (Å²) in [5.41, 5.74) is 2.58. The van der Waals surface area contributed by atoms with E-state index in [1.807, 2.05) is 6.07 Å². The Morgan fingerprint density at radius 1 is 1.50 bits per heavy atom. The van der Waals surface area contributed by atoms with Crippen LogP contribution >= 0.6 is 0 Å². The summed E-state index contributed by atoms with van der Waals surface area (Å²) < 4.78 is 0. The number of fused-ring (bicyclic) bond motifs is 1. The van der Waals surface area contributed by atoms with Crippen LogP contribution in [0.2, 0.25) is 0 Å². The van der Waals surface area contributed by atoms with Crippen molar-refractivity contribution >= 4 is 0 Å². The van der Waals surface area contributed by atoms with E-state index in [2.05, 4.69) is 19.9 Å². The molecule has 0 amide bonds. The number of hydrogen-bond acceptors (Lipinski definition) is 1. The van der Waals surface area contributed by atoms with Gasteiger partial charge in [-0.1, -0.05) is 32.4 Å². The minimum atomic E-state index is 0.494. The molecule has 2 unspecified atom stereocenters. The highest BCUT2D eigenvalue weighted by atomic mass is 16.3. The Balaban J connectivity index is 2.35. The standard InChI is InChI=1S/C13H18O/c1-3-9(2)10-7-8-12-11(10)5-4-6-13(12)14/h4-6,9-10,14H,3,7-8H2,1-2H3. The smallest absolute Gasteiger partial charge is 0.119 e. The Bertz CT molecular complexity index is 330. The van der Waals surface area contributed by atoms with E-state index in [4.69, 9.17) is 0 Å². The molecule has 14 heavy (non-hydrogen) atoms. The van der Waals surface area contributed by atoms with Gasteiger partial charge >= 0.3 is 0 Å². The summed E-state index contributed by atoms with van der Waals surface area (Å²) >= 11 is 0. The molecule has 1 aromatic rings.